The fourth-order valence-electron chi connectivity index (χ4n) is 2.79. The lowest BCUT2D eigenvalue weighted by atomic mass is 10.1. The molecule has 1 aliphatic rings. The van der Waals surface area contributed by atoms with Gasteiger partial charge < -0.3 is 21.3 Å². The number of carbonyl (C=O) groups is 2. The molecule has 4 N–H and O–H groups in total. The molecule has 0 spiro atoms. The molecule has 1 aliphatic heterocycles. The summed E-state index contributed by atoms with van der Waals surface area (Å²) in [6, 6.07) is 8.64. The normalized spacial score (nSPS) is 16.9. The number of nitrogens with zero attached hydrogens (tertiary/aromatic N) is 2. The second kappa shape index (κ2) is 7.80. The number of piperidine rings is 1. The maximum absolute atomic E-state index is 12.4. The largest absolute Gasteiger partial charge is 0.341 e. The Morgan fingerprint density at radius 1 is 1.24 bits per heavy atom. The van der Waals surface area contributed by atoms with Crippen LogP contribution in [0.25, 0.3) is 0 Å². The van der Waals surface area contributed by atoms with Gasteiger partial charge in [0.05, 0.1) is 6.04 Å². The molecule has 0 radical (unpaired) electrons. The van der Waals surface area contributed by atoms with Crippen molar-refractivity contribution in [2.75, 3.05) is 30.8 Å². The average molecular weight is 342 g/mol. The minimum Gasteiger partial charge on any atom is -0.341 e. The van der Waals surface area contributed by atoms with Gasteiger partial charge in [0.2, 0.25) is 0 Å². The molecule has 1 unspecified atom stereocenters. The zero-order chi connectivity index (χ0) is 17.6. The van der Waals surface area contributed by atoms with Crippen LogP contribution in [-0.4, -0.2) is 41.9 Å². The Bertz CT molecular complexity index is 751. The Hall–Kier alpha value is -2.87. The molecule has 25 heavy (non-hydrogen) atoms. The van der Waals surface area contributed by atoms with Crippen LogP contribution in [0.1, 0.15) is 29.4 Å². The molecule has 0 saturated carbocycles. The number of benzene rings is 1. The highest BCUT2D eigenvalue weighted by Crippen LogP contribution is 2.18. The Morgan fingerprint density at radius 3 is 2.76 bits per heavy atom. The first kappa shape index (κ1) is 17.0. The van der Waals surface area contributed by atoms with Gasteiger partial charge in [0.15, 0.2) is 5.69 Å². The zero-order valence-corrected chi connectivity index (χ0v) is 14.1. The van der Waals surface area contributed by atoms with Crippen LogP contribution in [0.15, 0.2) is 36.5 Å². The lowest BCUT2D eigenvalue weighted by Crippen LogP contribution is -2.32. The summed E-state index contributed by atoms with van der Waals surface area (Å²) in [6.45, 7) is 1.90. The molecule has 2 aromatic rings. The second-order valence-electron chi connectivity index (χ2n) is 5.92. The van der Waals surface area contributed by atoms with E-state index in [1.165, 1.54) is 0 Å². The summed E-state index contributed by atoms with van der Waals surface area (Å²) in [4.78, 5) is 23.8. The standard InChI is InChI=1S/C17H22N6O2/c1-18-17(25)21-13-5-2-4-12(10-13)20-16(24)15-7-9-23(22-15)14-6-3-8-19-11-14/h2,4-5,7,9-10,14,19H,3,6,8,11H2,1H3,(H,20,24)(H2,18,21,25). The maximum Gasteiger partial charge on any atom is 0.318 e. The summed E-state index contributed by atoms with van der Waals surface area (Å²) in [5.74, 6) is -0.278. The number of hydrogen-bond donors (Lipinski definition) is 4. The highest BCUT2D eigenvalue weighted by molar-refractivity contribution is 6.03. The number of carbonyl (C=O) groups excluding carboxylic acids is 2. The summed E-state index contributed by atoms with van der Waals surface area (Å²) in [5.41, 5.74) is 1.55. The molecule has 1 atom stereocenters. The smallest absolute Gasteiger partial charge is 0.318 e. The summed E-state index contributed by atoms with van der Waals surface area (Å²) in [5, 5.41) is 15.7. The molecule has 0 bridgehead atoms. The first-order valence-corrected chi connectivity index (χ1v) is 8.32. The minimum absolute atomic E-state index is 0.278. The van der Waals surface area contributed by atoms with Gasteiger partial charge in [-0.25, -0.2) is 4.79 Å². The topological polar surface area (TPSA) is 100 Å². The Kier molecular flexibility index (Phi) is 5.30. The summed E-state index contributed by atoms with van der Waals surface area (Å²) in [7, 11) is 1.54. The van der Waals surface area contributed by atoms with Crippen molar-refractivity contribution in [1.29, 1.82) is 0 Å². The van der Waals surface area contributed by atoms with Crippen LogP contribution in [0, 0.1) is 0 Å². The molecule has 3 rings (SSSR count). The molecular weight excluding hydrogens is 320 g/mol. The van der Waals surface area contributed by atoms with Crippen LogP contribution in [-0.2, 0) is 0 Å². The monoisotopic (exact) mass is 342 g/mol. The first-order chi connectivity index (χ1) is 12.2. The molecule has 8 nitrogen and oxygen atoms in total. The van der Waals surface area contributed by atoms with Crippen molar-refractivity contribution in [2.24, 2.45) is 0 Å². The molecule has 1 aromatic carbocycles. The van der Waals surface area contributed by atoms with Crippen molar-refractivity contribution in [3.8, 4) is 0 Å². The van der Waals surface area contributed by atoms with Gasteiger partial charge in [-0.3, -0.25) is 9.48 Å². The van der Waals surface area contributed by atoms with Crippen LogP contribution in [0.3, 0.4) is 0 Å². The van der Waals surface area contributed by atoms with Crippen LogP contribution in [0.5, 0.6) is 0 Å². The van der Waals surface area contributed by atoms with Crippen LogP contribution < -0.4 is 21.3 Å². The van der Waals surface area contributed by atoms with Crippen molar-refractivity contribution >= 4 is 23.3 Å². The Morgan fingerprint density at radius 2 is 2.04 bits per heavy atom. The number of amides is 3. The molecule has 8 heteroatoms. The van der Waals surface area contributed by atoms with Crippen molar-refractivity contribution in [2.45, 2.75) is 18.9 Å². The fourth-order valence-corrected chi connectivity index (χ4v) is 2.79. The fraction of sp³-hybridized carbons (Fsp3) is 0.353. The van der Waals surface area contributed by atoms with Crippen molar-refractivity contribution in [1.82, 2.24) is 20.4 Å². The third-order valence-corrected chi connectivity index (χ3v) is 4.09. The van der Waals surface area contributed by atoms with Gasteiger partial charge in [-0.1, -0.05) is 6.07 Å². The number of aromatic nitrogens is 2. The van der Waals surface area contributed by atoms with Crippen molar-refractivity contribution in [3.63, 3.8) is 0 Å². The molecule has 1 aromatic heterocycles. The van der Waals surface area contributed by atoms with E-state index in [4.69, 9.17) is 0 Å². The number of nitrogens with one attached hydrogen (secondary N) is 4. The quantitative estimate of drug-likeness (QED) is 0.681. The van der Waals surface area contributed by atoms with E-state index in [0.717, 1.165) is 25.9 Å². The van der Waals surface area contributed by atoms with Gasteiger partial charge in [0, 0.05) is 31.2 Å². The van der Waals surface area contributed by atoms with Gasteiger partial charge in [-0.05, 0) is 43.7 Å². The van der Waals surface area contributed by atoms with Crippen LogP contribution in [0.2, 0.25) is 0 Å². The van der Waals surface area contributed by atoms with E-state index in [9.17, 15) is 9.59 Å². The van der Waals surface area contributed by atoms with Gasteiger partial charge in [-0.15, -0.1) is 0 Å². The van der Waals surface area contributed by atoms with Crippen LogP contribution >= 0.6 is 0 Å². The predicted octanol–water partition coefficient (Wildman–Crippen LogP) is 1.81. The van der Waals surface area contributed by atoms with E-state index in [0.29, 0.717) is 17.1 Å². The van der Waals surface area contributed by atoms with E-state index in [-0.39, 0.29) is 18.0 Å². The average Bonchev–Trinajstić information content (AvgIpc) is 3.13. The summed E-state index contributed by atoms with van der Waals surface area (Å²) >= 11 is 0. The molecule has 132 valence electrons. The maximum atomic E-state index is 12.4. The summed E-state index contributed by atoms with van der Waals surface area (Å²) in [6.07, 6.45) is 4.01. The van der Waals surface area contributed by atoms with E-state index < -0.39 is 0 Å². The molecule has 2 heterocycles. The number of hydrogen-bond acceptors (Lipinski definition) is 4. The number of rotatable bonds is 4. The Balaban J connectivity index is 1.65. The third kappa shape index (κ3) is 4.36. The van der Waals surface area contributed by atoms with Crippen molar-refractivity contribution < 1.29 is 9.59 Å². The Labute approximate surface area is 146 Å². The number of urea groups is 1. The summed E-state index contributed by atoms with van der Waals surface area (Å²) < 4.78 is 1.85. The molecule has 0 aliphatic carbocycles. The second-order valence-corrected chi connectivity index (χ2v) is 5.92. The lowest BCUT2D eigenvalue weighted by Gasteiger charge is -2.22. The third-order valence-electron chi connectivity index (χ3n) is 4.09. The molecule has 1 fully saturated rings. The van der Waals surface area contributed by atoms with Crippen molar-refractivity contribution in [3.05, 3.63) is 42.2 Å². The van der Waals surface area contributed by atoms with E-state index in [1.807, 2.05) is 10.9 Å². The first-order valence-electron chi connectivity index (χ1n) is 8.32. The SMILES string of the molecule is CNC(=O)Nc1cccc(NC(=O)c2ccn(C3CCCNC3)n2)c1. The zero-order valence-electron chi connectivity index (χ0n) is 14.1. The highest BCUT2D eigenvalue weighted by Gasteiger charge is 2.17. The van der Waals surface area contributed by atoms with Gasteiger partial charge in [0.25, 0.3) is 5.91 Å². The van der Waals surface area contributed by atoms with Gasteiger partial charge in [0.1, 0.15) is 0 Å². The molecular formula is C17H22N6O2. The highest BCUT2D eigenvalue weighted by atomic mass is 16.2. The van der Waals surface area contributed by atoms with E-state index in [2.05, 4.69) is 26.4 Å². The van der Waals surface area contributed by atoms with Crippen LogP contribution in [0.4, 0.5) is 16.2 Å². The van der Waals surface area contributed by atoms with E-state index >= 15 is 0 Å². The van der Waals surface area contributed by atoms with Gasteiger partial charge >= 0.3 is 6.03 Å². The minimum atomic E-state index is -0.316. The predicted molar refractivity (Wildman–Crippen MR) is 95.8 cm³/mol. The lowest BCUT2D eigenvalue weighted by molar-refractivity contribution is 0.102. The van der Waals surface area contributed by atoms with Gasteiger partial charge in [-0.2, -0.15) is 5.10 Å². The number of anilines is 2. The molecule has 3 amide bonds. The molecule has 1 saturated heterocycles. The van der Waals surface area contributed by atoms with E-state index in [1.54, 1.807) is 37.4 Å².